The Hall–Kier alpha value is -1.64. The molecule has 22 heavy (non-hydrogen) atoms. The molecule has 0 fully saturated rings. The van der Waals surface area contributed by atoms with E-state index in [4.69, 9.17) is 0 Å². The van der Waals surface area contributed by atoms with Gasteiger partial charge in [0.1, 0.15) is 0 Å². The summed E-state index contributed by atoms with van der Waals surface area (Å²) in [6.07, 6.45) is 0.318. The zero-order valence-corrected chi connectivity index (χ0v) is 15.1. The van der Waals surface area contributed by atoms with E-state index >= 15 is 0 Å². The quantitative estimate of drug-likeness (QED) is 0.913. The van der Waals surface area contributed by atoms with Crippen LogP contribution < -0.4 is 5.32 Å². The first-order valence-electron chi connectivity index (χ1n) is 7.73. The van der Waals surface area contributed by atoms with Crippen molar-refractivity contribution in [3.8, 4) is 0 Å². The molecule has 1 N–H and O–H groups in total. The molecule has 1 amide bonds. The van der Waals surface area contributed by atoms with Crippen LogP contribution in [-0.4, -0.2) is 18.2 Å². The summed E-state index contributed by atoms with van der Waals surface area (Å²) in [7, 11) is 0. The molecule has 0 aromatic heterocycles. The summed E-state index contributed by atoms with van der Waals surface area (Å²) in [5.41, 5.74) is 1.05. The van der Waals surface area contributed by atoms with Crippen molar-refractivity contribution >= 4 is 11.7 Å². The molecule has 1 aromatic rings. The Bertz CT molecular complexity index is 458. The van der Waals surface area contributed by atoms with Crippen molar-refractivity contribution in [2.75, 3.05) is 6.54 Å². The first kappa shape index (κ1) is 20.4. The molecule has 0 saturated carbocycles. The molecule has 0 unspecified atom stereocenters. The Morgan fingerprint density at radius 1 is 0.909 bits per heavy atom. The standard InChI is InChI=1S/C14H19NO2.C5H12/c1-14(2,3)12(16)10-15-13(17)9-11-7-5-4-6-8-11;1-5(2,3)4/h4-8H,9-10H2,1-3H3,(H,15,17);1-4H3. The average molecular weight is 305 g/mol. The topological polar surface area (TPSA) is 46.2 Å². The van der Waals surface area contributed by atoms with Gasteiger partial charge >= 0.3 is 0 Å². The van der Waals surface area contributed by atoms with Crippen molar-refractivity contribution in [1.82, 2.24) is 5.32 Å². The molecule has 124 valence electrons. The SMILES string of the molecule is CC(C)(C)C.CC(C)(C)C(=O)CNC(=O)Cc1ccccc1. The van der Waals surface area contributed by atoms with Crippen LogP contribution in [0.3, 0.4) is 0 Å². The van der Waals surface area contributed by atoms with Crippen LogP contribution >= 0.6 is 0 Å². The Morgan fingerprint density at radius 3 is 1.77 bits per heavy atom. The summed E-state index contributed by atoms with van der Waals surface area (Å²) >= 11 is 0. The molecule has 0 aliphatic carbocycles. The second-order valence-corrected chi connectivity index (χ2v) is 8.11. The third-order valence-electron chi connectivity index (χ3n) is 2.49. The van der Waals surface area contributed by atoms with Crippen molar-refractivity contribution < 1.29 is 9.59 Å². The summed E-state index contributed by atoms with van der Waals surface area (Å²) in [6.45, 7) is 14.4. The van der Waals surface area contributed by atoms with Crippen molar-refractivity contribution in [2.45, 2.75) is 54.9 Å². The number of ketones is 1. The van der Waals surface area contributed by atoms with Crippen molar-refractivity contribution in [2.24, 2.45) is 10.8 Å². The van der Waals surface area contributed by atoms with E-state index < -0.39 is 5.41 Å². The number of Topliss-reactive ketones (excluding diaryl/α,β-unsaturated/α-hetero) is 1. The summed E-state index contributed by atoms with van der Waals surface area (Å²) in [6, 6.07) is 9.48. The average Bonchev–Trinajstić information content (AvgIpc) is 2.34. The molecule has 0 aliphatic heterocycles. The molecule has 3 nitrogen and oxygen atoms in total. The highest BCUT2D eigenvalue weighted by Gasteiger charge is 2.21. The minimum Gasteiger partial charge on any atom is -0.349 e. The number of carbonyl (C=O) groups is 2. The first-order chi connectivity index (χ1) is 9.89. The van der Waals surface area contributed by atoms with Gasteiger partial charge < -0.3 is 5.32 Å². The molecular weight excluding hydrogens is 274 g/mol. The number of nitrogens with one attached hydrogen (secondary N) is 1. The minimum absolute atomic E-state index is 0.0407. The monoisotopic (exact) mass is 305 g/mol. The van der Waals surface area contributed by atoms with Crippen molar-refractivity contribution in [3.63, 3.8) is 0 Å². The fourth-order valence-electron chi connectivity index (χ4n) is 1.29. The Morgan fingerprint density at radius 2 is 1.36 bits per heavy atom. The number of hydrogen-bond donors (Lipinski definition) is 1. The van der Waals surface area contributed by atoms with Gasteiger partial charge in [0.2, 0.25) is 5.91 Å². The highest BCUT2D eigenvalue weighted by Crippen LogP contribution is 2.13. The molecule has 0 atom stereocenters. The smallest absolute Gasteiger partial charge is 0.224 e. The summed E-state index contributed by atoms with van der Waals surface area (Å²) in [5.74, 6) is -0.0762. The van der Waals surface area contributed by atoms with Crippen LogP contribution in [0.4, 0.5) is 0 Å². The molecular formula is C19H31NO2. The van der Waals surface area contributed by atoms with Crippen molar-refractivity contribution in [3.05, 3.63) is 35.9 Å². The van der Waals surface area contributed by atoms with Crippen LogP contribution in [0, 0.1) is 10.8 Å². The molecule has 0 radical (unpaired) electrons. The highest BCUT2D eigenvalue weighted by molar-refractivity contribution is 5.89. The van der Waals surface area contributed by atoms with E-state index in [1.165, 1.54) is 0 Å². The largest absolute Gasteiger partial charge is 0.349 e. The lowest BCUT2D eigenvalue weighted by Crippen LogP contribution is -2.36. The Kier molecular flexibility index (Phi) is 8.07. The number of hydrogen-bond acceptors (Lipinski definition) is 2. The zero-order valence-electron chi connectivity index (χ0n) is 15.1. The second-order valence-electron chi connectivity index (χ2n) is 8.11. The van der Waals surface area contributed by atoms with Crippen LogP contribution in [0.15, 0.2) is 30.3 Å². The summed E-state index contributed by atoms with van der Waals surface area (Å²) < 4.78 is 0. The highest BCUT2D eigenvalue weighted by atomic mass is 16.2. The van der Waals surface area contributed by atoms with Crippen LogP contribution in [0.5, 0.6) is 0 Å². The maximum Gasteiger partial charge on any atom is 0.224 e. The van der Waals surface area contributed by atoms with Gasteiger partial charge in [-0.3, -0.25) is 9.59 Å². The minimum atomic E-state index is -0.403. The fraction of sp³-hybridized carbons (Fsp3) is 0.579. The molecule has 0 aliphatic rings. The van der Waals surface area contributed by atoms with E-state index in [1.807, 2.05) is 51.1 Å². The third kappa shape index (κ3) is 12.1. The predicted molar refractivity (Wildman–Crippen MR) is 92.7 cm³/mol. The Labute approximate surface area is 135 Å². The molecule has 3 heteroatoms. The number of carbonyl (C=O) groups excluding carboxylic acids is 2. The molecule has 1 aromatic carbocycles. The maximum absolute atomic E-state index is 11.6. The maximum atomic E-state index is 11.6. The number of rotatable bonds is 4. The zero-order chi connectivity index (χ0) is 17.4. The van der Waals surface area contributed by atoms with E-state index in [0.717, 1.165) is 5.56 Å². The van der Waals surface area contributed by atoms with Crippen LogP contribution in [0.2, 0.25) is 0 Å². The van der Waals surface area contributed by atoms with Gasteiger partial charge in [0, 0.05) is 5.41 Å². The summed E-state index contributed by atoms with van der Waals surface area (Å²) in [5, 5.41) is 2.65. The Balaban J connectivity index is 0.000000763. The van der Waals surface area contributed by atoms with Crippen LogP contribution in [0.25, 0.3) is 0 Å². The number of amides is 1. The van der Waals surface area contributed by atoms with E-state index in [0.29, 0.717) is 11.8 Å². The molecule has 0 bridgehead atoms. The second kappa shape index (κ2) is 8.72. The molecule has 0 heterocycles. The van der Waals surface area contributed by atoms with Gasteiger partial charge in [-0.25, -0.2) is 0 Å². The van der Waals surface area contributed by atoms with Gasteiger partial charge in [0.05, 0.1) is 13.0 Å². The van der Waals surface area contributed by atoms with Crippen LogP contribution in [-0.2, 0) is 16.0 Å². The van der Waals surface area contributed by atoms with E-state index in [2.05, 4.69) is 33.0 Å². The summed E-state index contributed by atoms with van der Waals surface area (Å²) in [4.78, 5) is 23.2. The molecule has 0 saturated heterocycles. The van der Waals surface area contributed by atoms with E-state index in [1.54, 1.807) is 0 Å². The van der Waals surface area contributed by atoms with Gasteiger partial charge in [-0.05, 0) is 11.0 Å². The normalized spacial score (nSPS) is 11.2. The molecule has 1 rings (SSSR count). The lowest BCUT2D eigenvalue weighted by Gasteiger charge is -2.16. The molecule has 0 spiro atoms. The van der Waals surface area contributed by atoms with E-state index in [9.17, 15) is 9.59 Å². The number of benzene rings is 1. The predicted octanol–water partition coefficient (Wildman–Crippen LogP) is 4.01. The van der Waals surface area contributed by atoms with E-state index in [-0.39, 0.29) is 18.2 Å². The van der Waals surface area contributed by atoms with Gasteiger partial charge in [-0.15, -0.1) is 0 Å². The van der Waals surface area contributed by atoms with Crippen LogP contribution in [0.1, 0.15) is 54.0 Å². The third-order valence-corrected chi connectivity index (χ3v) is 2.49. The van der Waals surface area contributed by atoms with Gasteiger partial charge in [-0.1, -0.05) is 78.8 Å². The van der Waals surface area contributed by atoms with Gasteiger partial charge in [0.25, 0.3) is 0 Å². The fourth-order valence-corrected chi connectivity index (χ4v) is 1.29. The first-order valence-corrected chi connectivity index (χ1v) is 7.73. The van der Waals surface area contributed by atoms with Gasteiger partial charge in [0.15, 0.2) is 5.78 Å². The lowest BCUT2D eigenvalue weighted by atomic mass is 9.91. The van der Waals surface area contributed by atoms with Crippen molar-refractivity contribution in [1.29, 1.82) is 0 Å². The van der Waals surface area contributed by atoms with Gasteiger partial charge in [-0.2, -0.15) is 0 Å². The lowest BCUT2D eigenvalue weighted by molar-refractivity contribution is -0.128.